The van der Waals surface area contributed by atoms with Gasteiger partial charge in [-0.2, -0.15) is 13.9 Å². The molecule has 0 bridgehead atoms. The van der Waals surface area contributed by atoms with E-state index < -0.39 is 12.3 Å². The lowest BCUT2D eigenvalue weighted by atomic mass is 10.2. The summed E-state index contributed by atoms with van der Waals surface area (Å²) in [6.07, 6.45) is 5.83. The Bertz CT molecular complexity index is 995. The van der Waals surface area contributed by atoms with Gasteiger partial charge in [-0.15, -0.1) is 0 Å². The fourth-order valence-corrected chi connectivity index (χ4v) is 2.40. The van der Waals surface area contributed by atoms with Gasteiger partial charge in [0.2, 0.25) is 0 Å². The number of halogens is 3. The van der Waals surface area contributed by atoms with E-state index in [1.807, 2.05) is 0 Å². The fourth-order valence-electron chi connectivity index (χ4n) is 2.12. The Kier molecular flexibility index (Phi) is 5.72. The van der Waals surface area contributed by atoms with Gasteiger partial charge in [-0.25, -0.2) is 14.6 Å². The number of hydrogen-bond donors (Lipinski definition) is 0. The Morgan fingerprint density at radius 2 is 1.93 bits per heavy atom. The fraction of sp³-hybridized carbons (Fsp3) is 0.188. The lowest BCUT2D eigenvalue weighted by Crippen LogP contribution is -2.23. The number of ether oxygens (including phenoxy) is 1. The highest BCUT2D eigenvalue weighted by Gasteiger charge is 2.22. The molecule has 11 heteroatoms. The number of hydrogen-bond acceptors (Lipinski definition) is 6. The molecule has 0 fully saturated rings. The van der Waals surface area contributed by atoms with Gasteiger partial charge in [0.1, 0.15) is 0 Å². The van der Waals surface area contributed by atoms with Crippen LogP contribution in [0.4, 0.5) is 8.78 Å². The van der Waals surface area contributed by atoms with Gasteiger partial charge < -0.3 is 4.74 Å². The van der Waals surface area contributed by atoms with Crippen molar-refractivity contribution < 1.29 is 13.5 Å². The average molecular weight is 412 g/mol. The SMILES string of the molecule is O=c1ccc(-c2cnc(OCC(F)(F)P)nc2)nn1Cc1cncc(Cl)c1. The Morgan fingerprint density at radius 3 is 2.59 bits per heavy atom. The molecular formula is C16H13ClF2N5O2P. The number of nitrogens with zero attached hydrogens (tertiary/aromatic N) is 5. The van der Waals surface area contributed by atoms with Gasteiger partial charge in [0, 0.05) is 36.4 Å². The molecule has 0 aliphatic rings. The third-order valence-electron chi connectivity index (χ3n) is 3.28. The van der Waals surface area contributed by atoms with Crippen molar-refractivity contribution >= 4 is 20.8 Å². The van der Waals surface area contributed by atoms with Crippen LogP contribution in [-0.2, 0) is 6.54 Å². The Balaban J connectivity index is 1.80. The molecule has 140 valence electrons. The molecule has 0 aromatic carbocycles. The monoisotopic (exact) mass is 411 g/mol. The van der Waals surface area contributed by atoms with Crippen molar-refractivity contribution in [2.45, 2.75) is 12.2 Å². The molecule has 0 amide bonds. The third-order valence-corrected chi connectivity index (χ3v) is 3.65. The van der Waals surface area contributed by atoms with Gasteiger partial charge >= 0.3 is 6.01 Å². The molecule has 27 heavy (non-hydrogen) atoms. The molecule has 3 aromatic rings. The molecule has 0 aliphatic heterocycles. The topological polar surface area (TPSA) is 82.8 Å². The summed E-state index contributed by atoms with van der Waals surface area (Å²) in [5, 5.41) is 4.73. The van der Waals surface area contributed by atoms with E-state index in [0.29, 0.717) is 21.8 Å². The molecule has 1 atom stereocenters. The van der Waals surface area contributed by atoms with E-state index in [2.05, 4.69) is 20.1 Å². The maximum Gasteiger partial charge on any atom is 0.316 e. The van der Waals surface area contributed by atoms with Gasteiger partial charge in [0.15, 0.2) is 6.61 Å². The van der Waals surface area contributed by atoms with Crippen LogP contribution in [0.3, 0.4) is 0 Å². The first-order chi connectivity index (χ1) is 12.8. The van der Waals surface area contributed by atoms with Crippen LogP contribution >= 0.6 is 20.8 Å². The van der Waals surface area contributed by atoms with Crippen molar-refractivity contribution in [2.75, 3.05) is 6.61 Å². The molecule has 0 saturated heterocycles. The summed E-state index contributed by atoms with van der Waals surface area (Å²) in [6, 6.07) is 4.39. The van der Waals surface area contributed by atoms with Gasteiger partial charge in [-0.1, -0.05) is 20.8 Å². The second-order valence-corrected chi connectivity index (χ2v) is 6.81. The molecule has 3 heterocycles. The summed E-state index contributed by atoms with van der Waals surface area (Å²) in [5.74, 6) is 0. The number of aromatic nitrogens is 5. The first-order valence-corrected chi connectivity index (χ1v) is 8.55. The lowest BCUT2D eigenvalue weighted by molar-refractivity contribution is 0.0422. The van der Waals surface area contributed by atoms with E-state index in [1.54, 1.807) is 12.3 Å². The van der Waals surface area contributed by atoms with Crippen molar-refractivity contribution in [1.29, 1.82) is 0 Å². The average Bonchev–Trinajstić information content (AvgIpc) is 2.62. The second kappa shape index (κ2) is 8.02. The highest BCUT2D eigenvalue weighted by atomic mass is 35.5. The first-order valence-electron chi connectivity index (χ1n) is 7.60. The van der Waals surface area contributed by atoms with Crippen molar-refractivity contribution in [3.8, 4) is 17.3 Å². The minimum absolute atomic E-state index is 0.181. The van der Waals surface area contributed by atoms with E-state index >= 15 is 0 Å². The minimum atomic E-state index is -3.06. The quantitative estimate of drug-likeness (QED) is 0.580. The van der Waals surface area contributed by atoms with Crippen molar-refractivity contribution in [2.24, 2.45) is 0 Å². The molecular weight excluding hydrogens is 399 g/mol. The van der Waals surface area contributed by atoms with Gasteiger partial charge in [-0.05, 0) is 17.7 Å². The van der Waals surface area contributed by atoms with Crippen molar-refractivity contribution in [3.63, 3.8) is 0 Å². The zero-order valence-corrected chi connectivity index (χ0v) is 15.6. The zero-order chi connectivity index (χ0) is 19.4. The number of rotatable bonds is 6. The van der Waals surface area contributed by atoms with Gasteiger partial charge in [-0.3, -0.25) is 9.78 Å². The Morgan fingerprint density at radius 1 is 1.19 bits per heavy atom. The molecule has 0 N–H and O–H groups in total. The molecule has 3 rings (SSSR count). The van der Waals surface area contributed by atoms with Crippen LogP contribution < -0.4 is 10.3 Å². The van der Waals surface area contributed by atoms with Gasteiger partial charge in [0.25, 0.3) is 11.2 Å². The molecule has 0 radical (unpaired) electrons. The van der Waals surface area contributed by atoms with Crippen LogP contribution in [0.1, 0.15) is 5.56 Å². The molecule has 7 nitrogen and oxygen atoms in total. The molecule has 0 aliphatic carbocycles. The van der Waals surface area contributed by atoms with Crippen LogP contribution in [0.25, 0.3) is 11.3 Å². The number of pyridine rings is 1. The Hall–Kier alpha value is -2.51. The molecule has 1 unspecified atom stereocenters. The van der Waals surface area contributed by atoms with E-state index in [0.717, 1.165) is 0 Å². The predicted octanol–water partition coefficient (Wildman–Crippen LogP) is 2.64. The highest BCUT2D eigenvalue weighted by Crippen LogP contribution is 2.22. The van der Waals surface area contributed by atoms with Crippen molar-refractivity contribution in [1.82, 2.24) is 24.7 Å². The number of alkyl halides is 2. The van der Waals surface area contributed by atoms with Crippen LogP contribution in [0.2, 0.25) is 5.02 Å². The van der Waals surface area contributed by atoms with Crippen molar-refractivity contribution in [3.05, 3.63) is 63.9 Å². The highest BCUT2D eigenvalue weighted by molar-refractivity contribution is 7.18. The smallest absolute Gasteiger partial charge is 0.316 e. The Labute approximate surface area is 159 Å². The second-order valence-electron chi connectivity index (χ2n) is 5.53. The zero-order valence-electron chi connectivity index (χ0n) is 13.7. The normalized spacial score (nSPS) is 11.4. The standard InChI is InChI=1S/C16H13ClF2N5O2P/c17-12-3-10(4-20-7-12)8-24-14(25)2-1-13(23-24)11-5-21-15(22-6-11)26-9-16(18,19)27/h1-7H,8-9,27H2. The summed E-state index contributed by atoms with van der Waals surface area (Å²) < 4.78 is 31.6. The van der Waals surface area contributed by atoms with Crippen LogP contribution in [0.15, 0.2) is 47.8 Å². The molecule has 3 aromatic heterocycles. The third kappa shape index (κ3) is 5.48. The summed E-state index contributed by atoms with van der Waals surface area (Å²) in [6.45, 7) is -0.667. The van der Waals surface area contributed by atoms with Crippen LogP contribution in [-0.4, -0.2) is 37.0 Å². The largest absolute Gasteiger partial charge is 0.457 e. The van der Waals surface area contributed by atoms with E-state index in [1.165, 1.54) is 44.6 Å². The minimum Gasteiger partial charge on any atom is -0.457 e. The lowest BCUT2D eigenvalue weighted by Gasteiger charge is -2.10. The van der Waals surface area contributed by atoms with Crippen LogP contribution in [0.5, 0.6) is 6.01 Å². The van der Waals surface area contributed by atoms with E-state index in [9.17, 15) is 13.6 Å². The van der Waals surface area contributed by atoms with E-state index in [4.69, 9.17) is 16.3 Å². The van der Waals surface area contributed by atoms with E-state index in [-0.39, 0.29) is 18.1 Å². The van der Waals surface area contributed by atoms with Crippen LogP contribution in [0, 0.1) is 0 Å². The summed E-state index contributed by atoms with van der Waals surface area (Å²) in [5.41, 5.74) is -1.71. The van der Waals surface area contributed by atoms with Gasteiger partial charge in [0.05, 0.1) is 17.3 Å². The molecule has 0 spiro atoms. The summed E-state index contributed by atoms with van der Waals surface area (Å²) >= 11 is 5.90. The summed E-state index contributed by atoms with van der Waals surface area (Å²) in [7, 11) is 1.37. The maximum atomic E-state index is 12.8. The molecule has 0 saturated carbocycles. The predicted molar refractivity (Wildman–Crippen MR) is 98.0 cm³/mol. The summed E-state index contributed by atoms with van der Waals surface area (Å²) in [4.78, 5) is 23.8. The first kappa shape index (κ1) is 19.3. The maximum absolute atomic E-state index is 12.8.